The van der Waals surface area contributed by atoms with Crippen LogP contribution in [-0.2, 0) is 17.9 Å². The number of nitrogens with zero attached hydrogens (tertiary/aromatic N) is 1. The van der Waals surface area contributed by atoms with E-state index in [1.54, 1.807) is 0 Å². The van der Waals surface area contributed by atoms with Gasteiger partial charge in [0.2, 0.25) is 0 Å². The molecule has 0 saturated heterocycles. The van der Waals surface area contributed by atoms with Crippen LogP contribution in [0.5, 0.6) is 5.75 Å². The van der Waals surface area contributed by atoms with Crippen molar-refractivity contribution in [2.75, 3.05) is 26.1 Å². The molecule has 16 heavy (non-hydrogen) atoms. The quantitative estimate of drug-likeness (QED) is 0.789. The van der Waals surface area contributed by atoms with Gasteiger partial charge in [0.05, 0.1) is 6.61 Å². The lowest BCUT2D eigenvalue weighted by molar-refractivity contribution is -0.0173. The Balaban J connectivity index is 2.31. The van der Waals surface area contributed by atoms with Gasteiger partial charge in [0.1, 0.15) is 5.75 Å². The highest BCUT2D eigenvalue weighted by Gasteiger charge is 2.16. The van der Waals surface area contributed by atoms with Crippen LogP contribution in [0.4, 0.5) is 5.69 Å². The summed E-state index contributed by atoms with van der Waals surface area (Å²) in [5.74, 6) is 0.945. The number of nitrogen functional groups attached to an aromatic ring is 1. The van der Waals surface area contributed by atoms with Crippen LogP contribution >= 0.6 is 0 Å². The van der Waals surface area contributed by atoms with Crippen LogP contribution in [0.15, 0.2) is 12.1 Å². The zero-order valence-corrected chi connectivity index (χ0v) is 9.82. The summed E-state index contributed by atoms with van der Waals surface area (Å²) in [5.41, 5.74) is 8.83. The first-order chi connectivity index (χ1) is 7.70. The van der Waals surface area contributed by atoms with Crippen molar-refractivity contribution in [2.24, 2.45) is 0 Å². The van der Waals surface area contributed by atoms with Crippen LogP contribution in [0, 0.1) is 0 Å². The second-order valence-electron chi connectivity index (χ2n) is 4.11. The minimum absolute atomic E-state index is 0.333. The van der Waals surface area contributed by atoms with E-state index in [1.165, 1.54) is 0 Å². The van der Waals surface area contributed by atoms with Gasteiger partial charge < -0.3 is 20.1 Å². The van der Waals surface area contributed by atoms with Gasteiger partial charge in [-0.3, -0.25) is 0 Å². The molecule has 0 aromatic heterocycles. The fourth-order valence-corrected chi connectivity index (χ4v) is 1.85. The Morgan fingerprint density at radius 2 is 2.25 bits per heavy atom. The summed E-state index contributed by atoms with van der Waals surface area (Å²) < 4.78 is 10.8. The monoisotopic (exact) mass is 222 g/mol. The van der Waals surface area contributed by atoms with Gasteiger partial charge in [-0.1, -0.05) is 6.92 Å². The molecule has 0 atom stereocenters. The average molecular weight is 222 g/mol. The van der Waals surface area contributed by atoms with Crippen molar-refractivity contribution in [2.45, 2.75) is 20.1 Å². The number of anilines is 1. The van der Waals surface area contributed by atoms with Gasteiger partial charge >= 0.3 is 0 Å². The molecule has 1 aliphatic heterocycles. The van der Waals surface area contributed by atoms with Crippen molar-refractivity contribution in [1.82, 2.24) is 4.90 Å². The Morgan fingerprint density at radius 3 is 3.00 bits per heavy atom. The molecule has 2 rings (SSSR count). The van der Waals surface area contributed by atoms with Crippen LogP contribution in [-0.4, -0.2) is 25.3 Å². The topological polar surface area (TPSA) is 47.7 Å². The number of hydrogen-bond donors (Lipinski definition) is 1. The van der Waals surface area contributed by atoms with E-state index in [2.05, 4.69) is 18.9 Å². The molecular formula is C12H18N2O2. The standard InChI is InChI=1S/C12H18N2O2/c1-3-14(2)6-9-4-11(13)5-10-7-15-8-16-12(9)10/h4-5H,3,6-8,13H2,1-2H3. The maximum atomic E-state index is 5.87. The number of ether oxygens (including phenoxy) is 2. The number of hydrogen-bond acceptors (Lipinski definition) is 4. The van der Waals surface area contributed by atoms with E-state index < -0.39 is 0 Å². The molecule has 0 spiro atoms. The van der Waals surface area contributed by atoms with Crippen LogP contribution in [0.25, 0.3) is 0 Å². The van der Waals surface area contributed by atoms with Crippen molar-refractivity contribution in [3.63, 3.8) is 0 Å². The van der Waals surface area contributed by atoms with Crippen molar-refractivity contribution >= 4 is 5.69 Å². The summed E-state index contributed by atoms with van der Waals surface area (Å²) in [4.78, 5) is 2.22. The summed E-state index contributed by atoms with van der Waals surface area (Å²) in [6, 6.07) is 3.90. The Morgan fingerprint density at radius 1 is 1.44 bits per heavy atom. The average Bonchev–Trinajstić information content (AvgIpc) is 2.28. The first-order valence-corrected chi connectivity index (χ1v) is 5.51. The summed E-state index contributed by atoms with van der Waals surface area (Å²) in [5, 5.41) is 0. The molecule has 2 N–H and O–H groups in total. The fraction of sp³-hybridized carbons (Fsp3) is 0.500. The third kappa shape index (κ3) is 2.28. The molecule has 1 heterocycles. The number of benzene rings is 1. The zero-order valence-electron chi connectivity index (χ0n) is 9.82. The van der Waals surface area contributed by atoms with E-state index in [4.69, 9.17) is 15.2 Å². The summed E-state index contributed by atoms with van der Waals surface area (Å²) in [6.07, 6.45) is 0. The summed E-state index contributed by atoms with van der Waals surface area (Å²) in [7, 11) is 2.08. The lowest BCUT2D eigenvalue weighted by atomic mass is 10.1. The maximum absolute atomic E-state index is 5.87. The van der Waals surface area contributed by atoms with Gasteiger partial charge in [-0.2, -0.15) is 0 Å². The number of fused-ring (bicyclic) bond motifs is 1. The van der Waals surface area contributed by atoms with Gasteiger partial charge in [0.25, 0.3) is 0 Å². The highest BCUT2D eigenvalue weighted by Crippen LogP contribution is 2.31. The molecule has 1 aromatic carbocycles. The molecule has 0 amide bonds. The molecule has 0 aliphatic carbocycles. The van der Waals surface area contributed by atoms with E-state index >= 15 is 0 Å². The van der Waals surface area contributed by atoms with E-state index in [1.807, 2.05) is 12.1 Å². The molecule has 0 radical (unpaired) electrons. The molecule has 1 aliphatic rings. The van der Waals surface area contributed by atoms with Crippen LogP contribution in [0.1, 0.15) is 18.1 Å². The summed E-state index contributed by atoms with van der Waals surface area (Å²) in [6.45, 7) is 4.90. The van der Waals surface area contributed by atoms with Gasteiger partial charge in [-0.25, -0.2) is 0 Å². The van der Waals surface area contributed by atoms with E-state index in [-0.39, 0.29) is 0 Å². The number of nitrogens with two attached hydrogens (primary N) is 1. The summed E-state index contributed by atoms with van der Waals surface area (Å²) >= 11 is 0. The number of rotatable bonds is 3. The van der Waals surface area contributed by atoms with E-state index in [9.17, 15) is 0 Å². The smallest absolute Gasteiger partial charge is 0.189 e. The predicted octanol–water partition coefficient (Wildman–Crippen LogP) is 1.59. The van der Waals surface area contributed by atoms with Gasteiger partial charge in [0, 0.05) is 23.4 Å². The normalized spacial score (nSPS) is 14.7. The third-order valence-corrected chi connectivity index (χ3v) is 2.79. The SMILES string of the molecule is CCN(C)Cc1cc(N)cc2c1OCOC2. The van der Waals surface area contributed by atoms with E-state index in [0.29, 0.717) is 13.4 Å². The van der Waals surface area contributed by atoms with Gasteiger partial charge in [0.15, 0.2) is 6.79 Å². The van der Waals surface area contributed by atoms with Crippen LogP contribution in [0.2, 0.25) is 0 Å². The van der Waals surface area contributed by atoms with E-state index in [0.717, 1.165) is 35.7 Å². The first kappa shape index (κ1) is 11.2. The minimum atomic E-state index is 0.333. The van der Waals surface area contributed by atoms with Crippen LogP contribution in [0.3, 0.4) is 0 Å². The Labute approximate surface area is 95.9 Å². The highest BCUT2D eigenvalue weighted by molar-refractivity contribution is 5.53. The molecule has 4 nitrogen and oxygen atoms in total. The molecule has 0 bridgehead atoms. The Hall–Kier alpha value is -1.26. The van der Waals surface area contributed by atoms with Crippen molar-refractivity contribution in [1.29, 1.82) is 0 Å². The molecule has 88 valence electrons. The van der Waals surface area contributed by atoms with Crippen molar-refractivity contribution in [3.8, 4) is 5.75 Å². The van der Waals surface area contributed by atoms with Crippen molar-refractivity contribution in [3.05, 3.63) is 23.3 Å². The second-order valence-corrected chi connectivity index (χ2v) is 4.11. The molecule has 0 unspecified atom stereocenters. The lowest BCUT2D eigenvalue weighted by Crippen LogP contribution is -2.20. The lowest BCUT2D eigenvalue weighted by Gasteiger charge is -2.23. The minimum Gasteiger partial charge on any atom is -0.467 e. The molecule has 1 aromatic rings. The zero-order chi connectivity index (χ0) is 11.5. The second kappa shape index (κ2) is 4.72. The Bertz CT molecular complexity index is 380. The highest BCUT2D eigenvalue weighted by atomic mass is 16.7. The molecule has 4 heteroatoms. The van der Waals surface area contributed by atoms with Gasteiger partial charge in [-0.15, -0.1) is 0 Å². The maximum Gasteiger partial charge on any atom is 0.189 e. The van der Waals surface area contributed by atoms with Crippen molar-refractivity contribution < 1.29 is 9.47 Å². The Kier molecular flexibility index (Phi) is 3.31. The molecule has 0 saturated carbocycles. The predicted molar refractivity (Wildman–Crippen MR) is 63.1 cm³/mol. The van der Waals surface area contributed by atoms with Crippen LogP contribution < -0.4 is 10.5 Å². The molecular weight excluding hydrogens is 204 g/mol. The fourth-order valence-electron chi connectivity index (χ4n) is 1.85. The van der Waals surface area contributed by atoms with Gasteiger partial charge in [-0.05, 0) is 25.7 Å². The first-order valence-electron chi connectivity index (χ1n) is 5.51. The molecule has 0 fully saturated rings. The largest absolute Gasteiger partial charge is 0.467 e. The third-order valence-electron chi connectivity index (χ3n) is 2.79.